The van der Waals surface area contributed by atoms with E-state index in [0.717, 1.165) is 17.5 Å². The first-order valence-electron chi connectivity index (χ1n) is 9.34. The van der Waals surface area contributed by atoms with Crippen LogP contribution < -0.4 is 5.32 Å². The number of halogens is 3. The number of benzene rings is 1. The van der Waals surface area contributed by atoms with Gasteiger partial charge in [-0.2, -0.15) is 13.2 Å². The smallest absolute Gasteiger partial charge is 0.307 e. The molecule has 1 aromatic carbocycles. The fourth-order valence-corrected chi connectivity index (χ4v) is 3.16. The van der Waals surface area contributed by atoms with Gasteiger partial charge < -0.3 is 5.32 Å². The van der Waals surface area contributed by atoms with Crippen molar-refractivity contribution in [1.82, 2.24) is 15.3 Å². The maximum absolute atomic E-state index is 12.9. The molecule has 2 heterocycles. The van der Waals surface area contributed by atoms with Gasteiger partial charge in [0.2, 0.25) is 0 Å². The van der Waals surface area contributed by atoms with Crippen molar-refractivity contribution in [3.05, 3.63) is 71.0 Å². The van der Waals surface area contributed by atoms with Crippen molar-refractivity contribution < 1.29 is 18.0 Å². The van der Waals surface area contributed by atoms with Crippen LogP contribution in [0.1, 0.15) is 46.9 Å². The minimum absolute atomic E-state index is 0.114. The standard InChI is InChI=1S/C22H22F3N3O/c1-13(16-6-4-8-18(10-16)22(23,24)25)12-27-15(3)20(29)19-11-17-7-5-9-26-21(17)28-14(19)2/h4-11,13,15,27H,12H2,1-3H3. The quantitative estimate of drug-likeness (QED) is 0.596. The van der Waals surface area contributed by atoms with Crippen molar-refractivity contribution in [2.45, 2.75) is 38.9 Å². The van der Waals surface area contributed by atoms with Gasteiger partial charge in [-0.05, 0) is 49.6 Å². The van der Waals surface area contributed by atoms with Gasteiger partial charge in [0, 0.05) is 23.7 Å². The first kappa shape index (κ1) is 20.9. The Morgan fingerprint density at radius 2 is 1.90 bits per heavy atom. The Kier molecular flexibility index (Phi) is 5.98. The van der Waals surface area contributed by atoms with Gasteiger partial charge in [0.05, 0.1) is 17.3 Å². The molecule has 0 fully saturated rings. The minimum atomic E-state index is -4.37. The zero-order valence-electron chi connectivity index (χ0n) is 16.4. The van der Waals surface area contributed by atoms with E-state index in [0.29, 0.717) is 29.0 Å². The van der Waals surface area contributed by atoms with Crippen LogP contribution in [0.2, 0.25) is 0 Å². The number of carbonyl (C=O) groups is 1. The van der Waals surface area contributed by atoms with Crippen LogP contribution in [0.15, 0.2) is 48.7 Å². The number of Topliss-reactive ketones (excluding diaryl/α,β-unsaturated/α-hetero) is 1. The van der Waals surface area contributed by atoms with Crippen LogP contribution in [0.5, 0.6) is 0 Å². The monoisotopic (exact) mass is 401 g/mol. The van der Waals surface area contributed by atoms with E-state index < -0.39 is 17.8 Å². The Morgan fingerprint density at radius 3 is 2.62 bits per heavy atom. The van der Waals surface area contributed by atoms with Crippen molar-refractivity contribution >= 4 is 16.8 Å². The third-order valence-electron chi connectivity index (χ3n) is 4.95. The number of nitrogens with one attached hydrogen (secondary N) is 1. The molecular formula is C22H22F3N3O. The second-order valence-electron chi connectivity index (χ2n) is 7.19. The van der Waals surface area contributed by atoms with Crippen molar-refractivity contribution in [3.63, 3.8) is 0 Å². The highest BCUT2D eigenvalue weighted by Crippen LogP contribution is 2.31. The number of hydrogen-bond acceptors (Lipinski definition) is 4. The van der Waals surface area contributed by atoms with E-state index in [1.165, 1.54) is 6.07 Å². The summed E-state index contributed by atoms with van der Waals surface area (Å²) in [5.41, 5.74) is 1.59. The van der Waals surface area contributed by atoms with E-state index in [-0.39, 0.29) is 11.7 Å². The van der Waals surface area contributed by atoms with Gasteiger partial charge >= 0.3 is 6.18 Å². The summed E-state index contributed by atoms with van der Waals surface area (Å²) in [5.74, 6) is -0.301. The zero-order valence-corrected chi connectivity index (χ0v) is 16.4. The number of alkyl halides is 3. The fourth-order valence-electron chi connectivity index (χ4n) is 3.16. The molecular weight excluding hydrogens is 379 g/mol. The lowest BCUT2D eigenvalue weighted by Crippen LogP contribution is -2.36. The lowest BCUT2D eigenvalue weighted by molar-refractivity contribution is -0.137. The maximum atomic E-state index is 12.9. The van der Waals surface area contributed by atoms with Crippen molar-refractivity contribution in [2.75, 3.05) is 6.54 Å². The average molecular weight is 401 g/mol. The molecule has 0 radical (unpaired) electrons. The summed E-state index contributed by atoms with van der Waals surface area (Å²) in [6.07, 6.45) is -2.72. The number of pyridine rings is 2. The van der Waals surface area contributed by atoms with E-state index in [1.54, 1.807) is 38.2 Å². The third-order valence-corrected chi connectivity index (χ3v) is 4.95. The normalized spacial score (nSPS) is 14.0. The van der Waals surface area contributed by atoms with Crippen molar-refractivity contribution in [2.24, 2.45) is 0 Å². The Labute approximate surface area is 167 Å². The summed E-state index contributed by atoms with van der Waals surface area (Å²) in [6.45, 7) is 5.71. The number of hydrogen-bond donors (Lipinski definition) is 1. The zero-order chi connectivity index (χ0) is 21.2. The number of aryl methyl sites for hydroxylation is 1. The summed E-state index contributed by atoms with van der Waals surface area (Å²) in [5, 5.41) is 3.92. The van der Waals surface area contributed by atoms with Crippen LogP contribution in [0.25, 0.3) is 11.0 Å². The molecule has 3 rings (SSSR count). The van der Waals surface area contributed by atoms with Crippen molar-refractivity contribution in [3.8, 4) is 0 Å². The summed E-state index contributed by atoms with van der Waals surface area (Å²) >= 11 is 0. The molecule has 0 aliphatic heterocycles. The van der Waals surface area contributed by atoms with Gasteiger partial charge in [0.15, 0.2) is 11.4 Å². The number of rotatable bonds is 6. The van der Waals surface area contributed by atoms with E-state index in [9.17, 15) is 18.0 Å². The topological polar surface area (TPSA) is 54.9 Å². The fraction of sp³-hybridized carbons (Fsp3) is 0.318. The highest BCUT2D eigenvalue weighted by atomic mass is 19.4. The second-order valence-corrected chi connectivity index (χ2v) is 7.19. The van der Waals surface area contributed by atoms with Crippen LogP contribution in [0.3, 0.4) is 0 Å². The maximum Gasteiger partial charge on any atom is 0.416 e. The van der Waals surface area contributed by atoms with Gasteiger partial charge in [-0.3, -0.25) is 4.79 Å². The molecule has 2 atom stereocenters. The number of carbonyl (C=O) groups excluding carboxylic acids is 1. The Bertz CT molecular complexity index is 1030. The predicted octanol–water partition coefficient (Wildman–Crippen LogP) is 4.92. The van der Waals surface area contributed by atoms with Gasteiger partial charge in [0.1, 0.15) is 0 Å². The van der Waals surface area contributed by atoms with Crippen LogP contribution in [-0.2, 0) is 6.18 Å². The predicted molar refractivity (Wildman–Crippen MR) is 106 cm³/mol. The van der Waals surface area contributed by atoms with Gasteiger partial charge in [-0.1, -0.05) is 25.1 Å². The molecule has 0 bridgehead atoms. The SMILES string of the molecule is Cc1nc2ncccc2cc1C(=O)C(C)NCC(C)c1cccc(C(F)(F)F)c1. The average Bonchev–Trinajstić information content (AvgIpc) is 2.70. The number of fused-ring (bicyclic) bond motifs is 1. The molecule has 0 saturated heterocycles. The molecule has 152 valence electrons. The van der Waals surface area contributed by atoms with E-state index >= 15 is 0 Å². The lowest BCUT2D eigenvalue weighted by Gasteiger charge is -2.19. The highest BCUT2D eigenvalue weighted by Gasteiger charge is 2.30. The van der Waals surface area contributed by atoms with E-state index in [1.807, 2.05) is 13.0 Å². The van der Waals surface area contributed by atoms with Crippen LogP contribution in [0.4, 0.5) is 13.2 Å². The summed E-state index contributed by atoms with van der Waals surface area (Å²) in [4.78, 5) is 21.4. The third kappa shape index (κ3) is 4.79. The minimum Gasteiger partial charge on any atom is -0.307 e. The Balaban J connectivity index is 1.70. The van der Waals surface area contributed by atoms with Crippen LogP contribution in [0, 0.1) is 6.92 Å². The molecule has 0 aliphatic rings. The summed E-state index contributed by atoms with van der Waals surface area (Å²) in [7, 11) is 0. The van der Waals surface area contributed by atoms with Crippen LogP contribution >= 0.6 is 0 Å². The first-order valence-corrected chi connectivity index (χ1v) is 9.34. The molecule has 7 heteroatoms. The number of ketones is 1. The van der Waals surface area contributed by atoms with Crippen molar-refractivity contribution in [1.29, 1.82) is 0 Å². The number of aromatic nitrogens is 2. The van der Waals surface area contributed by atoms with Crippen LogP contribution in [-0.4, -0.2) is 28.3 Å². The summed E-state index contributed by atoms with van der Waals surface area (Å²) < 4.78 is 38.8. The van der Waals surface area contributed by atoms with Gasteiger partial charge in [0.25, 0.3) is 0 Å². The first-order chi connectivity index (χ1) is 13.7. The molecule has 29 heavy (non-hydrogen) atoms. The number of nitrogens with zero attached hydrogens (tertiary/aromatic N) is 2. The second kappa shape index (κ2) is 8.29. The molecule has 2 aromatic heterocycles. The molecule has 1 N–H and O–H groups in total. The van der Waals surface area contributed by atoms with E-state index in [2.05, 4.69) is 15.3 Å². The Hall–Kier alpha value is -2.80. The largest absolute Gasteiger partial charge is 0.416 e. The Morgan fingerprint density at radius 1 is 1.14 bits per heavy atom. The molecule has 0 spiro atoms. The molecule has 4 nitrogen and oxygen atoms in total. The van der Waals surface area contributed by atoms with Gasteiger partial charge in [-0.25, -0.2) is 9.97 Å². The van der Waals surface area contributed by atoms with Gasteiger partial charge in [-0.15, -0.1) is 0 Å². The molecule has 2 unspecified atom stereocenters. The van der Waals surface area contributed by atoms with E-state index in [4.69, 9.17) is 0 Å². The molecule has 0 saturated carbocycles. The summed E-state index contributed by atoms with van der Waals surface area (Å²) in [6, 6.07) is 10.2. The molecule has 3 aromatic rings. The molecule has 0 aliphatic carbocycles. The molecule has 0 amide bonds. The highest BCUT2D eigenvalue weighted by molar-refractivity contribution is 6.02. The lowest BCUT2D eigenvalue weighted by atomic mass is 9.97.